The number of nitriles is 1. The van der Waals surface area contributed by atoms with E-state index in [4.69, 9.17) is 10.00 Å². The van der Waals surface area contributed by atoms with Gasteiger partial charge in [0.25, 0.3) is 0 Å². The molecule has 0 atom stereocenters. The molecule has 2 rings (SSSR count). The van der Waals surface area contributed by atoms with Crippen molar-refractivity contribution in [1.82, 2.24) is 9.78 Å². The number of nitrogens with zero attached hydrogens (tertiary/aromatic N) is 4. The normalized spacial score (nSPS) is 11.2. The lowest BCUT2D eigenvalue weighted by Gasteiger charge is -2.01. The summed E-state index contributed by atoms with van der Waals surface area (Å²) in [6, 6.07) is 5.87. The number of esters is 1. The Morgan fingerprint density at radius 1 is 1.60 bits per heavy atom. The maximum atomic E-state index is 13.8. The Morgan fingerprint density at radius 2 is 2.35 bits per heavy atom. The summed E-state index contributed by atoms with van der Waals surface area (Å²) in [6.07, 6.45) is 1.60. The molecule has 8 heteroatoms. The minimum absolute atomic E-state index is 0.00380. The van der Waals surface area contributed by atoms with Gasteiger partial charge in [0.1, 0.15) is 11.5 Å². The molecule has 0 N–H and O–H groups in total. The van der Waals surface area contributed by atoms with E-state index in [1.165, 1.54) is 18.2 Å². The summed E-state index contributed by atoms with van der Waals surface area (Å²) in [4.78, 5) is 15.3. The smallest absolute Gasteiger partial charge is 0.369 e. The van der Waals surface area contributed by atoms with Gasteiger partial charge in [-0.3, -0.25) is 0 Å². The van der Waals surface area contributed by atoms with Crippen molar-refractivity contribution in [3.63, 3.8) is 0 Å². The molecule has 1 aromatic carbocycles. The van der Waals surface area contributed by atoms with Gasteiger partial charge in [-0.25, -0.2) is 13.9 Å². The number of ether oxygens (including phenoxy) is 1. The molecule has 0 saturated heterocycles. The number of halogens is 1. The summed E-state index contributed by atoms with van der Waals surface area (Å²) in [5, 5.41) is 12.6. The number of carbonyl (C=O) groups is 1. The van der Waals surface area contributed by atoms with Crippen molar-refractivity contribution in [3.05, 3.63) is 39.9 Å². The predicted octanol–water partition coefficient (Wildman–Crippen LogP) is 1.63. The van der Waals surface area contributed by atoms with E-state index in [1.54, 1.807) is 19.2 Å². The Morgan fingerprint density at radius 3 is 3.00 bits per heavy atom. The number of aromatic nitrogens is 2. The number of para-hydroxylation sites is 1. The van der Waals surface area contributed by atoms with E-state index in [0.717, 1.165) is 16.0 Å². The lowest BCUT2D eigenvalue weighted by atomic mass is 10.3. The molecule has 0 amide bonds. The highest BCUT2D eigenvalue weighted by Crippen LogP contribution is 2.12. The van der Waals surface area contributed by atoms with Crippen molar-refractivity contribution in [2.75, 3.05) is 6.61 Å². The van der Waals surface area contributed by atoms with Crippen LogP contribution in [0.2, 0.25) is 0 Å². The average Bonchev–Trinajstić information content (AvgIpc) is 2.84. The lowest BCUT2D eigenvalue weighted by Crippen LogP contribution is -2.15. The van der Waals surface area contributed by atoms with E-state index in [-0.39, 0.29) is 22.1 Å². The predicted molar refractivity (Wildman–Crippen MR) is 68.5 cm³/mol. The molecule has 0 saturated carbocycles. The third kappa shape index (κ3) is 2.73. The first-order valence-electron chi connectivity index (χ1n) is 5.62. The summed E-state index contributed by atoms with van der Waals surface area (Å²) in [7, 11) is 0. The van der Waals surface area contributed by atoms with E-state index in [2.05, 4.69) is 10.1 Å². The topological polar surface area (TPSA) is 80.3 Å². The zero-order chi connectivity index (χ0) is 14.5. The molecular weight excluding hydrogens is 283 g/mol. The quantitative estimate of drug-likeness (QED) is 0.636. The van der Waals surface area contributed by atoms with E-state index in [1.807, 2.05) is 0 Å². The van der Waals surface area contributed by atoms with Crippen LogP contribution in [0.15, 0.2) is 29.3 Å². The Kier molecular flexibility index (Phi) is 4.22. The minimum Gasteiger partial charge on any atom is -0.461 e. The molecule has 0 radical (unpaired) electrons. The van der Waals surface area contributed by atoms with Crippen LogP contribution in [0.25, 0.3) is 5.69 Å². The van der Waals surface area contributed by atoms with Crippen molar-refractivity contribution >= 4 is 17.3 Å². The zero-order valence-electron chi connectivity index (χ0n) is 10.4. The monoisotopic (exact) mass is 292 g/mol. The van der Waals surface area contributed by atoms with Crippen molar-refractivity contribution in [2.45, 2.75) is 6.92 Å². The van der Waals surface area contributed by atoms with Crippen LogP contribution in [-0.4, -0.2) is 22.4 Å². The van der Waals surface area contributed by atoms with Crippen LogP contribution in [0.5, 0.6) is 0 Å². The molecule has 2 aromatic rings. The van der Waals surface area contributed by atoms with Crippen LogP contribution in [0.1, 0.15) is 16.7 Å². The maximum Gasteiger partial charge on any atom is 0.369 e. The molecule has 0 spiro atoms. The second-order valence-electron chi connectivity index (χ2n) is 3.49. The van der Waals surface area contributed by atoms with Crippen LogP contribution in [-0.2, 0) is 4.74 Å². The fraction of sp³-hybridized carbons (Fsp3) is 0.167. The lowest BCUT2D eigenvalue weighted by molar-refractivity contribution is 0.0524. The summed E-state index contributed by atoms with van der Waals surface area (Å²) in [6.45, 7) is 1.86. The van der Waals surface area contributed by atoms with Crippen LogP contribution in [0.3, 0.4) is 0 Å². The standard InChI is InChI=1S/C12H9FN4O2S/c1-2-19-11(18)10-16-17(12(20-10)15-7-14)9-6-4-3-5-8(9)13/h3-6H,2H2,1H3. The Labute approximate surface area is 117 Å². The molecule has 1 heterocycles. The number of carbonyl (C=O) groups excluding carboxylic acids is 1. The van der Waals surface area contributed by atoms with Gasteiger partial charge >= 0.3 is 5.97 Å². The van der Waals surface area contributed by atoms with Gasteiger partial charge in [0.2, 0.25) is 16.0 Å². The van der Waals surface area contributed by atoms with Crippen molar-refractivity contribution in [3.8, 4) is 11.9 Å². The third-order valence-corrected chi connectivity index (χ3v) is 3.12. The average molecular weight is 292 g/mol. The van der Waals surface area contributed by atoms with Crippen LogP contribution >= 0.6 is 11.3 Å². The summed E-state index contributed by atoms with van der Waals surface area (Å²) >= 11 is 0.857. The van der Waals surface area contributed by atoms with Crippen molar-refractivity contribution in [1.29, 1.82) is 5.26 Å². The number of benzene rings is 1. The third-order valence-electron chi connectivity index (χ3n) is 2.24. The molecule has 0 bridgehead atoms. The van der Waals surface area contributed by atoms with E-state index >= 15 is 0 Å². The van der Waals surface area contributed by atoms with Gasteiger partial charge in [-0.05, 0) is 19.1 Å². The first-order valence-corrected chi connectivity index (χ1v) is 6.44. The molecule has 0 fully saturated rings. The molecule has 6 nitrogen and oxygen atoms in total. The van der Waals surface area contributed by atoms with Crippen molar-refractivity contribution < 1.29 is 13.9 Å². The summed E-state index contributed by atoms with van der Waals surface area (Å²) in [5.41, 5.74) is 0.105. The Balaban J connectivity index is 2.59. The largest absolute Gasteiger partial charge is 0.461 e. The molecule has 0 aliphatic rings. The number of hydrogen-bond acceptors (Lipinski definition) is 6. The highest BCUT2D eigenvalue weighted by Gasteiger charge is 2.16. The van der Waals surface area contributed by atoms with Gasteiger partial charge in [0.05, 0.1) is 6.61 Å². The summed E-state index contributed by atoms with van der Waals surface area (Å²) in [5.74, 6) is -1.17. The van der Waals surface area contributed by atoms with Crippen LogP contribution < -0.4 is 4.80 Å². The molecule has 20 heavy (non-hydrogen) atoms. The highest BCUT2D eigenvalue weighted by atomic mass is 32.1. The molecule has 102 valence electrons. The summed E-state index contributed by atoms with van der Waals surface area (Å²) < 4.78 is 19.7. The molecule has 0 aliphatic heterocycles. The van der Waals surface area contributed by atoms with Crippen LogP contribution in [0.4, 0.5) is 4.39 Å². The second kappa shape index (κ2) is 6.08. The van der Waals surface area contributed by atoms with Gasteiger partial charge in [0, 0.05) is 0 Å². The SMILES string of the molecule is CCOC(=O)c1nn(-c2ccccc2F)c(=NC#N)s1. The zero-order valence-corrected chi connectivity index (χ0v) is 11.2. The molecule has 1 aromatic heterocycles. The van der Waals surface area contributed by atoms with Gasteiger partial charge < -0.3 is 4.74 Å². The van der Waals surface area contributed by atoms with Gasteiger partial charge in [0.15, 0.2) is 0 Å². The molecule has 0 aliphatic carbocycles. The first kappa shape index (κ1) is 13.9. The molecule has 0 unspecified atom stereocenters. The van der Waals surface area contributed by atoms with Gasteiger partial charge in [-0.2, -0.15) is 5.26 Å². The first-order chi connectivity index (χ1) is 9.67. The fourth-order valence-electron chi connectivity index (χ4n) is 1.45. The maximum absolute atomic E-state index is 13.8. The van der Waals surface area contributed by atoms with Gasteiger partial charge in [-0.1, -0.05) is 23.5 Å². The van der Waals surface area contributed by atoms with E-state index < -0.39 is 11.8 Å². The van der Waals surface area contributed by atoms with Gasteiger partial charge in [-0.15, -0.1) is 10.1 Å². The minimum atomic E-state index is -0.637. The van der Waals surface area contributed by atoms with Crippen LogP contribution in [0, 0.1) is 17.3 Å². The Bertz CT molecular complexity index is 744. The fourth-order valence-corrected chi connectivity index (χ4v) is 2.20. The van der Waals surface area contributed by atoms with E-state index in [0.29, 0.717) is 0 Å². The number of rotatable bonds is 3. The number of hydrogen-bond donors (Lipinski definition) is 0. The highest BCUT2D eigenvalue weighted by molar-refractivity contribution is 7.10. The Hall–Kier alpha value is -2.53. The molecular formula is C12H9FN4O2S. The second-order valence-corrected chi connectivity index (χ2v) is 4.44. The van der Waals surface area contributed by atoms with E-state index in [9.17, 15) is 9.18 Å². The van der Waals surface area contributed by atoms with Crippen molar-refractivity contribution in [2.24, 2.45) is 4.99 Å².